The van der Waals surface area contributed by atoms with Gasteiger partial charge in [-0.1, -0.05) is 32.0 Å². The van der Waals surface area contributed by atoms with Crippen molar-refractivity contribution in [2.24, 2.45) is 0 Å². The quantitative estimate of drug-likeness (QED) is 0.274. The van der Waals surface area contributed by atoms with Crippen molar-refractivity contribution in [3.8, 4) is 22.8 Å². The van der Waals surface area contributed by atoms with Crippen LogP contribution in [0.15, 0.2) is 80.4 Å². The number of fused-ring (bicyclic) bond motifs is 2. The minimum Gasteiger partial charge on any atom is -0.493 e. The highest BCUT2D eigenvalue weighted by atomic mass is 16.5. The fourth-order valence-electron chi connectivity index (χ4n) is 4.25. The third-order valence-electron chi connectivity index (χ3n) is 6.16. The average molecular weight is 484 g/mol. The molecule has 0 unspecified atom stereocenters. The maximum Gasteiger partial charge on any atom is 0.336 e. The second-order valence-electron chi connectivity index (χ2n) is 8.72. The lowest BCUT2D eigenvalue weighted by Crippen LogP contribution is -2.12. The first-order valence-electron chi connectivity index (χ1n) is 11.5. The zero-order valence-corrected chi connectivity index (χ0v) is 20.4. The standard InChI is InChI=1S/C29H25NO6/c1-16(2)17-9-11-23-20(13-17)21(15-26(31)35-23)28-27(19-7-5-6-8-22(19)36-28)30-29(32)18-10-12-24(33-3)25(14-18)34-4/h5-16H,1-4H3,(H,30,32). The van der Waals surface area contributed by atoms with Crippen molar-refractivity contribution < 1.29 is 23.1 Å². The maximum absolute atomic E-state index is 13.4. The van der Waals surface area contributed by atoms with E-state index in [1.54, 1.807) is 24.3 Å². The number of carbonyl (C=O) groups excluding carboxylic acids is 1. The number of benzene rings is 3. The van der Waals surface area contributed by atoms with E-state index in [2.05, 4.69) is 19.2 Å². The minimum atomic E-state index is -0.507. The topological polar surface area (TPSA) is 90.9 Å². The Morgan fingerprint density at radius 3 is 2.33 bits per heavy atom. The Morgan fingerprint density at radius 2 is 1.58 bits per heavy atom. The van der Waals surface area contributed by atoms with Crippen molar-refractivity contribution in [3.05, 3.63) is 88.3 Å². The van der Waals surface area contributed by atoms with Gasteiger partial charge in [0.25, 0.3) is 5.91 Å². The number of carbonyl (C=O) groups is 1. The predicted octanol–water partition coefficient (Wildman–Crippen LogP) is 6.60. The summed E-state index contributed by atoms with van der Waals surface area (Å²) in [6, 6.07) is 19.5. The van der Waals surface area contributed by atoms with Gasteiger partial charge in [0, 0.05) is 28.0 Å². The molecular weight excluding hydrogens is 458 g/mol. The predicted molar refractivity (Wildman–Crippen MR) is 139 cm³/mol. The van der Waals surface area contributed by atoms with E-state index in [0.717, 1.165) is 10.9 Å². The van der Waals surface area contributed by atoms with Crippen molar-refractivity contribution in [3.63, 3.8) is 0 Å². The Labute approximate surface area is 207 Å². The lowest BCUT2D eigenvalue weighted by molar-refractivity contribution is 0.102. The molecule has 5 aromatic rings. The molecule has 2 heterocycles. The summed E-state index contributed by atoms with van der Waals surface area (Å²) in [5.41, 5.74) is 2.99. The van der Waals surface area contributed by atoms with Gasteiger partial charge in [-0.2, -0.15) is 0 Å². The van der Waals surface area contributed by atoms with Crippen molar-refractivity contribution in [2.75, 3.05) is 19.5 Å². The molecule has 0 aliphatic carbocycles. The van der Waals surface area contributed by atoms with Crippen LogP contribution < -0.4 is 20.4 Å². The molecule has 0 saturated heterocycles. The SMILES string of the molecule is COc1ccc(C(=O)Nc2c(-c3cc(=O)oc4ccc(C(C)C)cc34)oc3ccccc23)cc1OC. The normalized spacial score (nSPS) is 11.2. The fourth-order valence-corrected chi connectivity index (χ4v) is 4.25. The number of amides is 1. The maximum atomic E-state index is 13.4. The largest absolute Gasteiger partial charge is 0.493 e. The van der Waals surface area contributed by atoms with Gasteiger partial charge in [0.1, 0.15) is 11.2 Å². The van der Waals surface area contributed by atoms with Crippen LogP contribution >= 0.6 is 0 Å². The van der Waals surface area contributed by atoms with Crippen LogP contribution in [0.2, 0.25) is 0 Å². The van der Waals surface area contributed by atoms with E-state index < -0.39 is 5.63 Å². The van der Waals surface area contributed by atoms with Gasteiger partial charge in [-0.25, -0.2) is 4.79 Å². The van der Waals surface area contributed by atoms with Crippen LogP contribution in [-0.2, 0) is 0 Å². The molecule has 0 bridgehead atoms. The third-order valence-corrected chi connectivity index (χ3v) is 6.16. The Bertz CT molecular complexity index is 1660. The van der Waals surface area contributed by atoms with Crippen molar-refractivity contribution in [1.29, 1.82) is 0 Å². The summed E-state index contributed by atoms with van der Waals surface area (Å²) < 4.78 is 22.3. The van der Waals surface area contributed by atoms with Gasteiger partial charge >= 0.3 is 5.63 Å². The molecule has 1 N–H and O–H groups in total. The molecular formula is C29H25NO6. The van der Waals surface area contributed by atoms with E-state index in [0.29, 0.717) is 50.6 Å². The zero-order valence-electron chi connectivity index (χ0n) is 20.4. The molecule has 1 amide bonds. The molecule has 182 valence electrons. The molecule has 0 fully saturated rings. The summed E-state index contributed by atoms with van der Waals surface area (Å²) in [5, 5.41) is 4.43. The summed E-state index contributed by atoms with van der Waals surface area (Å²) in [7, 11) is 3.05. The molecule has 3 aromatic carbocycles. The average Bonchev–Trinajstić information content (AvgIpc) is 3.25. The van der Waals surface area contributed by atoms with Crippen LogP contribution in [0.25, 0.3) is 33.3 Å². The summed E-state index contributed by atoms with van der Waals surface area (Å²) in [4.78, 5) is 25.8. The molecule has 7 heteroatoms. The first-order valence-corrected chi connectivity index (χ1v) is 11.5. The van der Waals surface area contributed by atoms with Crippen molar-refractivity contribution in [2.45, 2.75) is 19.8 Å². The summed E-state index contributed by atoms with van der Waals surface area (Å²) >= 11 is 0. The zero-order chi connectivity index (χ0) is 25.4. The molecule has 0 spiro atoms. The van der Waals surface area contributed by atoms with Crippen LogP contribution in [0.1, 0.15) is 35.7 Å². The number of hydrogen-bond donors (Lipinski definition) is 1. The Balaban J connectivity index is 1.69. The van der Waals surface area contributed by atoms with Crippen molar-refractivity contribution in [1.82, 2.24) is 0 Å². The van der Waals surface area contributed by atoms with Gasteiger partial charge in [-0.05, 0) is 53.9 Å². The number of hydrogen-bond acceptors (Lipinski definition) is 6. The molecule has 0 aliphatic rings. The van der Waals surface area contributed by atoms with E-state index in [1.165, 1.54) is 20.3 Å². The second kappa shape index (κ2) is 9.26. The summed E-state index contributed by atoms with van der Waals surface area (Å²) in [5.74, 6) is 1.25. The van der Waals surface area contributed by atoms with Gasteiger partial charge in [-0.3, -0.25) is 4.79 Å². The fraction of sp³-hybridized carbons (Fsp3) is 0.172. The van der Waals surface area contributed by atoms with Gasteiger partial charge in [0.05, 0.1) is 19.9 Å². The molecule has 5 rings (SSSR count). The number of para-hydroxylation sites is 1. The van der Waals surface area contributed by atoms with Crippen LogP contribution in [0, 0.1) is 0 Å². The van der Waals surface area contributed by atoms with Gasteiger partial charge in [0.15, 0.2) is 17.3 Å². The lowest BCUT2D eigenvalue weighted by Gasteiger charge is -2.12. The lowest BCUT2D eigenvalue weighted by atomic mass is 9.98. The molecule has 0 atom stereocenters. The molecule has 0 radical (unpaired) electrons. The van der Waals surface area contributed by atoms with E-state index in [4.69, 9.17) is 18.3 Å². The number of rotatable bonds is 6. The third kappa shape index (κ3) is 4.09. The number of ether oxygens (including phenoxy) is 2. The molecule has 0 aliphatic heterocycles. The Hall–Kier alpha value is -4.52. The van der Waals surface area contributed by atoms with E-state index in [9.17, 15) is 9.59 Å². The monoisotopic (exact) mass is 483 g/mol. The van der Waals surface area contributed by atoms with Gasteiger partial charge in [0.2, 0.25) is 0 Å². The van der Waals surface area contributed by atoms with Crippen LogP contribution in [0.4, 0.5) is 5.69 Å². The number of anilines is 1. The minimum absolute atomic E-state index is 0.272. The number of methoxy groups -OCH3 is 2. The Morgan fingerprint density at radius 1 is 0.833 bits per heavy atom. The summed E-state index contributed by atoms with van der Waals surface area (Å²) in [6.45, 7) is 4.19. The van der Waals surface area contributed by atoms with Crippen LogP contribution in [-0.4, -0.2) is 20.1 Å². The number of nitrogens with one attached hydrogen (secondary N) is 1. The first-order chi connectivity index (χ1) is 17.4. The van der Waals surface area contributed by atoms with Crippen LogP contribution in [0.5, 0.6) is 11.5 Å². The highest BCUT2D eigenvalue weighted by molar-refractivity contribution is 6.13. The van der Waals surface area contributed by atoms with Crippen molar-refractivity contribution >= 4 is 33.5 Å². The highest BCUT2D eigenvalue weighted by Gasteiger charge is 2.22. The summed E-state index contributed by atoms with van der Waals surface area (Å²) in [6.07, 6.45) is 0. The van der Waals surface area contributed by atoms with E-state index >= 15 is 0 Å². The van der Waals surface area contributed by atoms with Gasteiger partial charge in [-0.15, -0.1) is 0 Å². The van der Waals surface area contributed by atoms with E-state index in [1.807, 2.05) is 36.4 Å². The highest BCUT2D eigenvalue weighted by Crippen LogP contribution is 2.41. The van der Waals surface area contributed by atoms with Gasteiger partial charge < -0.3 is 23.6 Å². The molecule has 7 nitrogen and oxygen atoms in total. The Kier molecular flexibility index (Phi) is 5.98. The van der Waals surface area contributed by atoms with Crippen LogP contribution in [0.3, 0.4) is 0 Å². The molecule has 2 aromatic heterocycles. The molecule has 36 heavy (non-hydrogen) atoms. The second-order valence-corrected chi connectivity index (χ2v) is 8.72. The first kappa shape index (κ1) is 23.2. The smallest absolute Gasteiger partial charge is 0.336 e. The van der Waals surface area contributed by atoms with E-state index in [-0.39, 0.29) is 11.8 Å². The molecule has 0 saturated carbocycles. The number of furan rings is 1.